The summed E-state index contributed by atoms with van der Waals surface area (Å²) in [6.45, 7) is 2.69. The number of ether oxygens (including phenoxy) is 2. The number of carbonyl (C=O) groups is 2. The van der Waals surface area contributed by atoms with E-state index in [0.717, 1.165) is 62.7 Å². The molecule has 0 bridgehead atoms. The molecule has 0 fully saturated rings. The highest BCUT2D eigenvalue weighted by Gasteiger charge is 2.05. The average molecular weight is 395 g/mol. The first-order valence-electron chi connectivity index (χ1n) is 10.2. The standard InChI is InChI=1S/C22H34O4S/c1-3-4-11-18-25-21(23)12-9-7-5-6-8-10-13-22(24)26-19-14-16-20(27-2)17-15-19/h14-17H,3-13,18H2,1-2H3. The monoisotopic (exact) mass is 394 g/mol. The van der Waals surface area contributed by atoms with Crippen LogP contribution < -0.4 is 4.74 Å². The lowest BCUT2D eigenvalue weighted by Gasteiger charge is -2.06. The normalized spacial score (nSPS) is 10.6. The van der Waals surface area contributed by atoms with E-state index in [9.17, 15) is 9.59 Å². The lowest BCUT2D eigenvalue weighted by atomic mass is 10.1. The van der Waals surface area contributed by atoms with E-state index in [1.54, 1.807) is 11.8 Å². The zero-order chi connectivity index (χ0) is 19.7. The Hall–Kier alpha value is -1.49. The molecule has 1 rings (SSSR count). The molecule has 0 aliphatic carbocycles. The summed E-state index contributed by atoms with van der Waals surface area (Å²) in [5.74, 6) is 0.372. The molecule has 0 unspecified atom stereocenters. The summed E-state index contributed by atoms with van der Waals surface area (Å²) >= 11 is 1.66. The second-order valence-corrected chi connectivity index (χ2v) is 7.58. The van der Waals surface area contributed by atoms with Crippen LogP contribution in [0.15, 0.2) is 29.2 Å². The van der Waals surface area contributed by atoms with Gasteiger partial charge in [0.15, 0.2) is 0 Å². The molecule has 0 N–H and O–H groups in total. The van der Waals surface area contributed by atoms with Crippen molar-refractivity contribution in [1.29, 1.82) is 0 Å². The van der Waals surface area contributed by atoms with Crippen molar-refractivity contribution in [1.82, 2.24) is 0 Å². The third kappa shape index (κ3) is 12.5. The van der Waals surface area contributed by atoms with Crippen LogP contribution in [0.1, 0.15) is 77.6 Å². The Morgan fingerprint density at radius 2 is 1.41 bits per heavy atom. The van der Waals surface area contributed by atoms with Crippen molar-refractivity contribution in [3.05, 3.63) is 24.3 Å². The van der Waals surface area contributed by atoms with Crippen LogP contribution in [0.3, 0.4) is 0 Å². The number of rotatable bonds is 15. The third-order valence-corrected chi connectivity index (χ3v) is 5.06. The summed E-state index contributed by atoms with van der Waals surface area (Å²) in [6, 6.07) is 7.57. The second kappa shape index (κ2) is 15.6. The fourth-order valence-corrected chi connectivity index (χ4v) is 3.09. The quantitative estimate of drug-likeness (QED) is 0.154. The molecule has 1 aromatic rings. The maximum absolute atomic E-state index is 11.8. The molecule has 5 heteroatoms. The van der Waals surface area contributed by atoms with Crippen LogP contribution in [0.2, 0.25) is 0 Å². The van der Waals surface area contributed by atoms with Gasteiger partial charge < -0.3 is 9.47 Å². The first kappa shape index (κ1) is 23.5. The largest absolute Gasteiger partial charge is 0.466 e. The third-order valence-electron chi connectivity index (χ3n) is 4.31. The Kier molecular flexibility index (Phi) is 13.6. The zero-order valence-corrected chi connectivity index (χ0v) is 17.7. The van der Waals surface area contributed by atoms with E-state index in [4.69, 9.17) is 9.47 Å². The average Bonchev–Trinajstić information content (AvgIpc) is 2.68. The Labute approximate surface area is 168 Å². The summed E-state index contributed by atoms with van der Waals surface area (Å²) < 4.78 is 10.5. The fourth-order valence-electron chi connectivity index (χ4n) is 2.68. The number of unbranched alkanes of at least 4 members (excludes halogenated alkanes) is 7. The van der Waals surface area contributed by atoms with Gasteiger partial charge in [-0.05, 0) is 49.8 Å². The number of benzene rings is 1. The number of thioether (sulfide) groups is 1. The van der Waals surface area contributed by atoms with E-state index in [2.05, 4.69) is 6.92 Å². The van der Waals surface area contributed by atoms with E-state index in [1.165, 1.54) is 0 Å². The highest BCUT2D eigenvalue weighted by Crippen LogP contribution is 2.19. The summed E-state index contributed by atoms with van der Waals surface area (Å²) in [5.41, 5.74) is 0. The molecular formula is C22H34O4S. The minimum Gasteiger partial charge on any atom is -0.466 e. The Morgan fingerprint density at radius 1 is 0.815 bits per heavy atom. The van der Waals surface area contributed by atoms with Crippen molar-refractivity contribution >= 4 is 23.7 Å². The molecule has 152 valence electrons. The van der Waals surface area contributed by atoms with Gasteiger partial charge in [-0.15, -0.1) is 11.8 Å². The van der Waals surface area contributed by atoms with Crippen LogP contribution in [0, 0.1) is 0 Å². The fraction of sp³-hybridized carbons (Fsp3) is 0.636. The van der Waals surface area contributed by atoms with Crippen LogP contribution in [0.4, 0.5) is 0 Å². The molecule has 0 spiro atoms. The van der Waals surface area contributed by atoms with Crippen molar-refractivity contribution in [3.63, 3.8) is 0 Å². The smallest absolute Gasteiger partial charge is 0.311 e. The van der Waals surface area contributed by atoms with Crippen LogP contribution >= 0.6 is 11.8 Å². The Balaban J connectivity index is 1.94. The maximum atomic E-state index is 11.8. The SMILES string of the molecule is CCCCCOC(=O)CCCCCCCCC(=O)Oc1ccc(SC)cc1. The van der Waals surface area contributed by atoms with Gasteiger partial charge in [0.05, 0.1) is 6.61 Å². The summed E-state index contributed by atoms with van der Waals surface area (Å²) in [6.07, 6.45) is 12.2. The van der Waals surface area contributed by atoms with E-state index < -0.39 is 0 Å². The van der Waals surface area contributed by atoms with Crippen LogP contribution in [0.5, 0.6) is 5.75 Å². The van der Waals surface area contributed by atoms with Crippen molar-refractivity contribution in [3.8, 4) is 5.75 Å². The van der Waals surface area contributed by atoms with Gasteiger partial charge in [-0.3, -0.25) is 9.59 Å². The first-order valence-corrected chi connectivity index (χ1v) is 11.4. The van der Waals surface area contributed by atoms with Gasteiger partial charge in [0.2, 0.25) is 0 Å². The van der Waals surface area contributed by atoms with Gasteiger partial charge >= 0.3 is 11.9 Å². The van der Waals surface area contributed by atoms with Crippen molar-refractivity contribution in [2.75, 3.05) is 12.9 Å². The predicted molar refractivity (Wildman–Crippen MR) is 111 cm³/mol. The molecule has 0 aromatic heterocycles. The van der Waals surface area contributed by atoms with Gasteiger partial charge in [-0.25, -0.2) is 0 Å². The second-order valence-electron chi connectivity index (χ2n) is 6.70. The van der Waals surface area contributed by atoms with Gasteiger partial charge in [-0.2, -0.15) is 0 Å². The van der Waals surface area contributed by atoms with Crippen molar-refractivity contribution < 1.29 is 19.1 Å². The predicted octanol–water partition coefficient (Wildman–Crippen LogP) is 6.17. The molecule has 0 atom stereocenters. The number of esters is 2. The summed E-state index contributed by atoms with van der Waals surface area (Å²) in [7, 11) is 0. The Morgan fingerprint density at radius 3 is 2.00 bits per heavy atom. The molecule has 0 saturated carbocycles. The Bertz CT molecular complexity index is 528. The van der Waals surface area contributed by atoms with E-state index >= 15 is 0 Å². The van der Waals surface area contributed by atoms with E-state index in [-0.39, 0.29) is 11.9 Å². The van der Waals surface area contributed by atoms with Crippen molar-refractivity contribution in [2.24, 2.45) is 0 Å². The number of hydrogen-bond acceptors (Lipinski definition) is 5. The lowest BCUT2D eigenvalue weighted by molar-refractivity contribution is -0.144. The number of carbonyl (C=O) groups excluding carboxylic acids is 2. The summed E-state index contributed by atoms with van der Waals surface area (Å²) in [4.78, 5) is 24.5. The molecule has 0 radical (unpaired) electrons. The minimum absolute atomic E-state index is 0.0700. The minimum atomic E-state index is -0.169. The van der Waals surface area contributed by atoms with Crippen LogP contribution in [0.25, 0.3) is 0 Å². The molecule has 0 saturated heterocycles. The molecule has 0 aliphatic rings. The molecular weight excluding hydrogens is 360 g/mol. The molecule has 1 aromatic carbocycles. The van der Waals surface area contributed by atoms with Gasteiger partial charge in [0.25, 0.3) is 0 Å². The van der Waals surface area contributed by atoms with Gasteiger partial charge in [0.1, 0.15) is 5.75 Å². The zero-order valence-electron chi connectivity index (χ0n) is 16.8. The maximum Gasteiger partial charge on any atom is 0.311 e. The van der Waals surface area contributed by atoms with E-state index in [0.29, 0.717) is 25.2 Å². The highest BCUT2D eigenvalue weighted by atomic mass is 32.2. The highest BCUT2D eigenvalue weighted by molar-refractivity contribution is 7.98. The van der Waals surface area contributed by atoms with Gasteiger partial charge in [0, 0.05) is 17.7 Å². The molecule has 0 heterocycles. The van der Waals surface area contributed by atoms with Crippen LogP contribution in [-0.2, 0) is 14.3 Å². The van der Waals surface area contributed by atoms with Crippen molar-refractivity contribution in [2.45, 2.75) is 82.4 Å². The van der Waals surface area contributed by atoms with E-state index in [1.807, 2.05) is 30.5 Å². The summed E-state index contributed by atoms with van der Waals surface area (Å²) in [5, 5.41) is 0. The molecule has 0 amide bonds. The molecule has 4 nitrogen and oxygen atoms in total. The van der Waals surface area contributed by atoms with Gasteiger partial charge in [-0.1, -0.05) is 45.4 Å². The molecule has 0 aliphatic heterocycles. The lowest BCUT2D eigenvalue weighted by Crippen LogP contribution is -2.07. The molecule has 27 heavy (non-hydrogen) atoms. The number of hydrogen-bond donors (Lipinski definition) is 0. The topological polar surface area (TPSA) is 52.6 Å². The van der Waals surface area contributed by atoms with Crippen LogP contribution in [-0.4, -0.2) is 24.8 Å². The first-order chi connectivity index (χ1) is 13.2.